The van der Waals surface area contributed by atoms with Gasteiger partial charge in [-0.3, -0.25) is 9.59 Å². The quantitative estimate of drug-likeness (QED) is 0.830. The molecule has 3 rings (SSSR count). The van der Waals surface area contributed by atoms with Crippen LogP contribution in [0.15, 0.2) is 48.5 Å². The Hall–Kier alpha value is -3.02. The van der Waals surface area contributed by atoms with Crippen LogP contribution in [-0.4, -0.2) is 49.1 Å². The maximum Gasteiger partial charge on any atom is 0.306 e. The molecule has 2 aromatic rings. The van der Waals surface area contributed by atoms with Gasteiger partial charge in [-0.2, -0.15) is 0 Å². The van der Waals surface area contributed by atoms with Crippen molar-refractivity contribution >= 4 is 17.6 Å². The van der Waals surface area contributed by atoms with E-state index < -0.39 is 5.97 Å². The van der Waals surface area contributed by atoms with Gasteiger partial charge in [0.15, 0.2) is 0 Å². The van der Waals surface area contributed by atoms with Crippen LogP contribution in [0.25, 0.3) is 0 Å². The van der Waals surface area contributed by atoms with Crippen LogP contribution >= 0.6 is 0 Å². The fraction of sp³-hybridized carbons (Fsp3) is 0.364. The van der Waals surface area contributed by atoms with E-state index in [1.807, 2.05) is 30.3 Å². The van der Waals surface area contributed by atoms with Gasteiger partial charge in [0.05, 0.1) is 18.6 Å². The van der Waals surface area contributed by atoms with Crippen LogP contribution in [0.1, 0.15) is 28.8 Å². The summed E-state index contributed by atoms with van der Waals surface area (Å²) in [6, 6.07) is 15.3. The monoisotopic (exact) mass is 382 g/mol. The molecule has 1 heterocycles. The van der Waals surface area contributed by atoms with E-state index in [-0.39, 0.29) is 11.8 Å². The third-order valence-electron chi connectivity index (χ3n) is 5.22. The van der Waals surface area contributed by atoms with E-state index in [0.29, 0.717) is 30.7 Å². The van der Waals surface area contributed by atoms with Gasteiger partial charge < -0.3 is 19.6 Å². The Morgan fingerprint density at radius 1 is 1.14 bits per heavy atom. The zero-order valence-corrected chi connectivity index (χ0v) is 16.3. The lowest BCUT2D eigenvalue weighted by Crippen LogP contribution is -2.36. The number of amides is 1. The first kappa shape index (κ1) is 19.7. The predicted molar refractivity (Wildman–Crippen MR) is 108 cm³/mol. The first-order chi connectivity index (χ1) is 13.5. The number of anilines is 1. The standard InChI is InChI=1S/C22H26N2O4/c1-23(21(25)19-8-3-4-9-20(19)28-2)15-16-6-5-7-18(14-16)24-12-10-17(11-13-24)22(26)27/h3-9,14,17H,10-13,15H2,1-2H3,(H,26,27). The number of para-hydroxylation sites is 1. The smallest absolute Gasteiger partial charge is 0.306 e. The highest BCUT2D eigenvalue weighted by Gasteiger charge is 2.24. The average Bonchev–Trinajstić information content (AvgIpc) is 2.73. The highest BCUT2D eigenvalue weighted by Crippen LogP contribution is 2.25. The fourth-order valence-corrected chi connectivity index (χ4v) is 3.61. The number of piperidine rings is 1. The number of nitrogens with zero attached hydrogens (tertiary/aromatic N) is 2. The molecule has 0 aromatic heterocycles. The Balaban J connectivity index is 1.67. The summed E-state index contributed by atoms with van der Waals surface area (Å²) in [7, 11) is 3.34. The van der Waals surface area contributed by atoms with Crippen LogP contribution < -0.4 is 9.64 Å². The van der Waals surface area contributed by atoms with Crippen molar-refractivity contribution in [3.63, 3.8) is 0 Å². The lowest BCUT2D eigenvalue weighted by molar-refractivity contribution is -0.142. The number of benzene rings is 2. The lowest BCUT2D eigenvalue weighted by atomic mass is 9.96. The van der Waals surface area contributed by atoms with Gasteiger partial charge in [-0.25, -0.2) is 0 Å². The summed E-state index contributed by atoms with van der Waals surface area (Å²) < 4.78 is 5.29. The van der Waals surface area contributed by atoms with Crippen molar-refractivity contribution in [1.82, 2.24) is 4.90 Å². The second kappa shape index (κ2) is 8.78. The van der Waals surface area contributed by atoms with Crippen LogP contribution in [0, 0.1) is 5.92 Å². The minimum atomic E-state index is -0.704. The molecule has 0 atom stereocenters. The molecule has 0 aliphatic carbocycles. The summed E-state index contributed by atoms with van der Waals surface area (Å²) in [4.78, 5) is 27.8. The molecular weight excluding hydrogens is 356 g/mol. The molecule has 2 aromatic carbocycles. The molecule has 0 radical (unpaired) electrons. The minimum Gasteiger partial charge on any atom is -0.496 e. The normalized spacial score (nSPS) is 14.6. The molecule has 6 heteroatoms. The number of carboxylic acid groups (broad SMARTS) is 1. The molecule has 1 saturated heterocycles. The van der Waals surface area contributed by atoms with Crippen LogP contribution in [0.4, 0.5) is 5.69 Å². The van der Waals surface area contributed by atoms with Crippen LogP contribution in [-0.2, 0) is 11.3 Å². The summed E-state index contributed by atoms with van der Waals surface area (Å²) >= 11 is 0. The van der Waals surface area contributed by atoms with Crippen molar-refractivity contribution in [2.45, 2.75) is 19.4 Å². The maximum atomic E-state index is 12.8. The zero-order valence-electron chi connectivity index (χ0n) is 16.3. The van der Waals surface area contributed by atoms with Crippen LogP contribution in [0.2, 0.25) is 0 Å². The number of hydrogen-bond acceptors (Lipinski definition) is 4. The van der Waals surface area contributed by atoms with E-state index in [2.05, 4.69) is 11.0 Å². The second-order valence-electron chi connectivity index (χ2n) is 7.13. The van der Waals surface area contributed by atoms with Crippen molar-refractivity contribution in [2.24, 2.45) is 5.92 Å². The Bertz CT molecular complexity index is 844. The average molecular weight is 382 g/mol. The number of carbonyl (C=O) groups is 2. The summed E-state index contributed by atoms with van der Waals surface area (Å²) in [5.41, 5.74) is 2.64. The van der Waals surface area contributed by atoms with Gasteiger partial charge in [-0.05, 0) is 42.7 Å². The molecule has 0 spiro atoms. The number of carbonyl (C=O) groups excluding carboxylic acids is 1. The van der Waals surface area contributed by atoms with Gasteiger partial charge in [-0.15, -0.1) is 0 Å². The minimum absolute atomic E-state index is 0.0925. The molecule has 1 aliphatic rings. The molecule has 1 aliphatic heterocycles. The van der Waals surface area contributed by atoms with Gasteiger partial charge in [0.1, 0.15) is 5.75 Å². The number of aliphatic carboxylic acids is 1. The largest absolute Gasteiger partial charge is 0.496 e. The SMILES string of the molecule is COc1ccccc1C(=O)N(C)Cc1cccc(N2CCC(C(=O)O)CC2)c1. The molecule has 6 nitrogen and oxygen atoms in total. The molecule has 1 N–H and O–H groups in total. The van der Waals surface area contributed by atoms with Crippen molar-refractivity contribution in [3.8, 4) is 5.75 Å². The molecule has 1 amide bonds. The van der Waals surface area contributed by atoms with E-state index in [0.717, 1.165) is 24.3 Å². The van der Waals surface area contributed by atoms with E-state index in [1.165, 1.54) is 0 Å². The van der Waals surface area contributed by atoms with Gasteiger partial charge >= 0.3 is 5.97 Å². The fourth-order valence-electron chi connectivity index (χ4n) is 3.61. The number of ether oxygens (including phenoxy) is 1. The maximum absolute atomic E-state index is 12.8. The number of methoxy groups -OCH3 is 1. The summed E-state index contributed by atoms with van der Waals surface area (Å²) in [6.45, 7) is 1.95. The second-order valence-corrected chi connectivity index (χ2v) is 7.13. The molecule has 28 heavy (non-hydrogen) atoms. The molecule has 1 fully saturated rings. The topological polar surface area (TPSA) is 70.1 Å². The van der Waals surface area contributed by atoms with Gasteiger partial charge in [0.2, 0.25) is 0 Å². The van der Waals surface area contributed by atoms with Crippen molar-refractivity contribution in [2.75, 3.05) is 32.1 Å². The number of hydrogen-bond donors (Lipinski definition) is 1. The molecule has 0 saturated carbocycles. The first-order valence-electron chi connectivity index (χ1n) is 9.44. The van der Waals surface area contributed by atoms with Gasteiger partial charge in [0, 0.05) is 32.4 Å². The highest BCUT2D eigenvalue weighted by molar-refractivity contribution is 5.96. The number of carboxylic acids is 1. The van der Waals surface area contributed by atoms with E-state index in [4.69, 9.17) is 9.84 Å². The van der Waals surface area contributed by atoms with Crippen LogP contribution in [0.3, 0.4) is 0 Å². The van der Waals surface area contributed by atoms with Gasteiger partial charge in [-0.1, -0.05) is 24.3 Å². The van der Waals surface area contributed by atoms with Crippen molar-refractivity contribution < 1.29 is 19.4 Å². The number of rotatable bonds is 6. The molecule has 0 bridgehead atoms. The van der Waals surface area contributed by atoms with Gasteiger partial charge in [0.25, 0.3) is 5.91 Å². The van der Waals surface area contributed by atoms with E-state index in [9.17, 15) is 9.59 Å². The highest BCUT2D eigenvalue weighted by atomic mass is 16.5. The molecule has 0 unspecified atom stereocenters. The summed E-state index contributed by atoms with van der Waals surface area (Å²) in [6.07, 6.45) is 1.32. The Labute approximate surface area is 165 Å². The third-order valence-corrected chi connectivity index (χ3v) is 5.22. The summed E-state index contributed by atoms with van der Waals surface area (Å²) in [5, 5.41) is 9.16. The predicted octanol–water partition coefficient (Wildman–Crippen LogP) is 3.27. The van der Waals surface area contributed by atoms with Crippen molar-refractivity contribution in [1.29, 1.82) is 0 Å². The summed E-state index contributed by atoms with van der Waals surface area (Å²) in [5.74, 6) is -0.478. The Morgan fingerprint density at radius 3 is 2.54 bits per heavy atom. The van der Waals surface area contributed by atoms with E-state index >= 15 is 0 Å². The van der Waals surface area contributed by atoms with Crippen LogP contribution in [0.5, 0.6) is 5.75 Å². The van der Waals surface area contributed by atoms with Crippen molar-refractivity contribution in [3.05, 3.63) is 59.7 Å². The lowest BCUT2D eigenvalue weighted by Gasteiger charge is -2.32. The zero-order chi connectivity index (χ0) is 20.1. The Morgan fingerprint density at radius 2 is 1.86 bits per heavy atom. The molecule has 148 valence electrons. The Kier molecular flexibility index (Phi) is 6.19. The third kappa shape index (κ3) is 4.44. The van der Waals surface area contributed by atoms with E-state index in [1.54, 1.807) is 31.2 Å². The molecular formula is C22H26N2O4. The first-order valence-corrected chi connectivity index (χ1v) is 9.44.